The van der Waals surface area contributed by atoms with E-state index in [0.29, 0.717) is 22.4 Å². The number of carbonyl (C=O) groups excluding carboxylic acids is 2. The van der Waals surface area contributed by atoms with E-state index in [1.165, 1.54) is 6.92 Å². The van der Waals surface area contributed by atoms with Gasteiger partial charge >= 0.3 is 0 Å². The van der Waals surface area contributed by atoms with Crippen molar-refractivity contribution < 1.29 is 14.0 Å². The molecule has 0 spiro atoms. The SMILES string of the molecule is CC(=O)c1ccccc1NC(=O)C(C)Sc1nnc(-c2ccccc2)o1. The molecular weight excluding hydrogens is 350 g/mol. The summed E-state index contributed by atoms with van der Waals surface area (Å²) in [6, 6.07) is 16.3. The maximum atomic E-state index is 12.4. The standard InChI is InChI=1S/C19H17N3O3S/c1-12(23)15-10-6-7-11-16(15)20-17(24)13(2)26-19-22-21-18(25-19)14-8-4-3-5-9-14/h3-11,13H,1-2H3,(H,20,24). The van der Waals surface area contributed by atoms with Crippen LogP contribution in [0.2, 0.25) is 0 Å². The highest BCUT2D eigenvalue weighted by Gasteiger charge is 2.20. The van der Waals surface area contributed by atoms with Gasteiger partial charge in [0, 0.05) is 11.1 Å². The van der Waals surface area contributed by atoms with Crippen molar-refractivity contribution in [1.29, 1.82) is 0 Å². The fraction of sp³-hybridized carbons (Fsp3) is 0.158. The van der Waals surface area contributed by atoms with Crippen molar-refractivity contribution in [3.8, 4) is 11.5 Å². The molecule has 0 aliphatic heterocycles. The molecule has 0 radical (unpaired) electrons. The van der Waals surface area contributed by atoms with E-state index < -0.39 is 5.25 Å². The van der Waals surface area contributed by atoms with Crippen LogP contribution in [0.15, 0.2) is 64.2 Å². The minimum Gasteiger partial charge on any atom is -0.411 e. The van der Waals surface area contributed by atoms with Gasteiger partial charge in [-0.05, 0) is 38.1 Å². The summed E-state index contributed by atoms with van der Waals surface area (Å²) in [6.45, 7) is 3.20. The van der Waals surface area contributed by atoms with Crippen LogP contribution in [0.5, 0.6) is 0 Å². The highest BCUT2D eigenvalue weighted by molar-refractivity contribution is 8.00. The van der Waals surface area contributed by atoms with Gasteiger partial charge in [0.15, 0.2) is 5.78 Å². The molecule has 0 saturated carbocycles. The molecule has 3 aromatic rings. The molecule has 132 valence electrons. The predicted octanol–water partition coefficient (Wildman–Crippen LogP) is 4.06. The summed E-state index contributed by atoms with van der Waals surface area (Å²) in [5.74, 6) is 0.0522. The van der Waals surface area contributed by atoms with Gasteiger partial charge in [0.05, 0.1) is 10.9 Å². The zero-order valence-electron chi connectivity index (χ0n) is 14.3. The molecule has 0 bridgehead atoms. The number of rotatable bonds is 6. The Morgan fingerprint density at radius 3 is 2.46 bits per heavy atom. The predicted molar refractivity (Wildman–Crippen MR) is 100 cm³/mol. The van der Waals surface area contributed by atoms with Gasteiger partial charge in [0.1, 0.15) is 0 Å². The zero-order chi connectivity index (χ0) is 18.5. The number of benzene rings is 2. The van der Waals surface area contributed by atoms with Crippen LogP contribution in [0.3, 0.4) is 0 Å². The van der Waals surface area contributed by atoms with Crippen LogP contribution in [0.4, 0.5) is 5.69 Å². The summed E-state index contributed by atoms with van der Waals surface area (Å²) in [4.78, 5) is 24.1. The van der Waals surface area contributed by atoms with E-state index in [4.69, 9.17) is 4.42 Å². The van der Waals surface area contributed by atoms with Crippen LogP contribution in [-0.4, -0.2) is 27.1 Å². The summed E-state index contributed by atoms with van der Waals surface area (Å²) in [5, 5.41) is 10.6. The first-order chi connectivity index (χ1) is 12.5. The molecule has 6 nitrogen and oxygen atoms in total. The number of anilines is 1. The molecule has 0 aliphatic rings. The van der Waals surface area contributed by atoms with Gasteiger partial charge in [0.25, 0.3) is 5.22 Å². The molecule has 3 rings (SSSR count). The smallest absolute Gasteiger partial charge is 0.277 e. The van der Waals surface area contributed by atoms with Gasteiger partial charge in [-0.2, -0.15) is 0 Å². The largest absolute Gasteiger partial charge is 0.411 e. The number of amides is 1. The molecular formula is C19H17N3O3S. The van der Waals surface area contributed by atoms with Crippen molar-refractivity contribution in [2.75, 3.05) is 5.32 Å². The van der Waals surface area contributed by atoms with Crippen molar-refractivity contribution in [2.24, 2.45) is 0 Å². The van der Waals surface area contributed by atoms with Crippen molar-refractivity contribution in [3.63, 3.8) is 0 Å². The molecule has 1 atom stereocenters. The lowest BCUT2D eigenvalue weighted by atomic mass is 10.1. The summed E-state index contributed by atoms with van der Waals surface area (Å²) in [5.41, 5.74) is 1.79. The second-order valence-electron chi connectivity index (χ2n) is 5.59. The third-order valence-electron chi connectivity index (χ3n) is 3.64. The monoisotopic (exact) mass is 367 g/mol. The fourth-order valence-corrected chi connectivity index (χ4v) is 2.98. The number of thioether (sulfide) groups is 1. The molecule has 26 heavy (non-hydrogen) atoms. The van der Waals surface area contributed by atoms with Gasteiger partial charge in [0.2, 0.25) is 11.8 Å². The van der Waals surface area contributed by atoms with Gasteiger partial charge in [-0.25, -0.2) is 0 Å². The Morgan fingerprint density at radius 2 is 1.73 bits per heavy atom. The van der Waals surface area contributed by atoms with Crippen LogP contribution in [0, 0.1) is 0 Å². The third kappa shape index (κ3) is 4.18. The van der Waals surface area contributed by atoms with Crippen molar-refractivity contribution in [1.82, 2.24) is 10.2 Å². The fourth-order valence-electron chi connectivity index (χ4n) is 2.29. The molecule has 1 aromatic heterocycles. The number of nitrogens with one attached hydrogen (secondary N) is 1. The second-order valence-corrected chi connectivity index (χ2v) is 6.88. The van der Waals surface area contributed by atoms with E-state index in [-0.39, 0.29) is 11.7 Å². The van der Waals surface area contributed by atoms with Crippen molar-refractivity contribution in [3.05, 3.63) is 60.2 Å². The Kier molecular flexibility index (Phi) is 5.48. The van der Waals surface area contributed by atoms with E-state index >= 15 is 0 Å². The Balaban J connectivity index is 1.67. The molecule has 1 unspecified atom stereocenters. The first-order valence-electron chi connectivity index (χ1n) is 8.01. The number of para-hydroxylation sites is 1. The summed E-state index contributed by atoms with van der Waals surface area (Å²) < 4.78 is 5.61. The Labute approximate surface area is 155 Å². The number of carbonyl (C=O) groups is 2. The minimum absolute atomic E-state index is 0.106. The van der Waals surface area contributed by atoms with Gasteiger partial charge < -0.3 is 9.73 Å². The van der Waals surface area contributed by atoms with Crippen LogP contribution in [0.1, 0.15) is 24.2 Å². The van der Waals surface area contributed by atoms with E-state index in [2.05, 4.69) is 15.5 Å². The zero-order valence-corrected chi connectivity index (χ0v) is 15.1. The van der Waals surface area contributed by atoms with Crippen molar-refractivity contribution >= 4 is 29.1 Å². The van der Waals surface area contributed by atoms with Crippen LogP contribution < -0.4 is 5.32 Å². The van der Waals surface area contributed by atoms with E-state index in [1.807, 2.05) is 30.3 Å². The lowest BCUT2D eigenvalue weighted by Crippen LogP contribution is -2.23. The number of ketones is 1. The number of hydrogen-bond acceptors (Lipinski definition) is 6. The summed E-state index contributed by atoms with van der Waals surface area (Å²) in [7, 11) is 0. The normalized spacial score (nSPS) is 11.8. The highest BCUT2D eigenvalue weighted by Crippen LogP contribution is 2.27. The average Bonchev–Trinajstić information content (AvgIpc) is 3.11. The molecule has 1 heterocycles. The van der Waals surface area contributed by atoms with Gasteiger partial charge in [-0.1, -0.05) is 42.1 Å². The number of Topliss-reactive ketones (excluding diaryl/α,β-unsaturated/α-hetero) is 1. The minimum atomic E-state index is -0.473. The third-order valence-corrected chi connectivity index (χ3v) is 4.57. The molecule has 0 saturated heterocycles. The van der Waals surface area contributed by atoms with E-state index in [1.54, 1.807) is 31.2 Å². The lowest BCUT2D eigenvalue weighted by Gasteiger charge is -2.12. The topological polar surface area (TPSA) is 85.1 Å². The molecule has 1 N–H and O–H groups in total. The van der Waals surface area contributed by atoms with Crippen LogP contribution in [0.25, 0.3) is 11.5 Å². The molecule has 2 aromatic carbocycles. The Bertz CT molecular complexity index is 925. The van der Waals surface area contributed by atoms with Gasteiger partial charge in [-0.3, -0.25) is 9.59 Å². The van der Waals surface area contributed by atoms with Gasteiger partial charge in [-0.15, -0.1) is 10.2 Å². The summed E-state index contributed by atoms with van der Waals surface area (Å²) in [6.07, 6.45) is 0. The van der Waals surface area contributed by atoms with E-state index in [9.17, 15) is 9.59 Å². The van der Waals surface area contributed by atoms with Crippen LogP contribution >= 0.6 is 11.8 Å². The first kappa shape index (κ1) is 17.9. The average molecular weight is 367 g/mol. The quantitative estimate of drug-likeness (QED) is 0.522. The molecule has 1 amide bonds. The molecule has 0 aliphatic carbocycles. The highest BCUT2D eigenvalue weighted by atomic mass is 32.2. The maximum absolute atomic E-state index is 12.4. The number of aromatic nitrogens is 2. The van der Waals surface area contributed by atoms with Crippen LogP contribution in [-0.2, 0) is 4.79 Å². The first-order valence-corrected chi connectivity index (χ1v) is 8.89. The Morgan fingerprint density at radius 1 is 1.04 bits per heavy atom. The van der Waals surface area contributed by atoms with E-state index in [0.717, 1.165) is 17.3 Å². The number of nitrogens with zero attached hydrogens (tertiary/aromatic N) is 2. The maximum Gasteiger partial charge on any atom is 0.277 e. The molecule has 7 heteroatoms. The van der Waals surface area contributed by atoms with Crippen molar-refractivity contribution in [2.45, 2.75) is 24.3 Å². The summed E-state index contributed by atoms with van der Waals surface area (Å²) >= 11 is 1.16. The second kappa shape index (κ2) is 7.97. The molecule has 0 fully saturated rings. The Hall–Kier alpha value is -2.93. The number of hydrogen-bond donors (Lipinski definition) is 1. The lowest BCUT2D eigenvalue weighted by molar-refractivity contribution is -0.115.